The third-order valence-corrected chi connectivity index (χ3v) is 3.67. The van der Waals surface area contributed by atoms with E-state index in [1.165, 1.54) is 25.7 Å². The van der Waals surface area contributed by atoms with E-state index in [-0.39, 0.29) is 0 Å². The Balaban J connectivity index is 2.24. The molecule has 1 aromatic heterocycles. The lowest BCUT2D eigenvalue weighted by molar-refractivity contribution is 0.446. The number of piperidine rings is 1. The number of nitrogens with zero attached hydrogens (tertiary/aromatic N) is 3. The highest BCUT2D eigenvalue weighted by Crippen LogP contribution is 2.25. The zero-order chi connectivity index (χ0) is 13.0. The van der Waals surface area contributed by atoms with Crippen LogP contribution in [-0.2, 0) is 6.42 Å². The van der Waals surface area contributed by atoms with Gasteiger partial charge in [0, 0.05) is 30.8 Å². The molecule has 0 unspecified atom stereocenters. The predicted octanol–water partition coefficient (Wildman–Crippen LogP) is 2.06. The Morgan fingerprint density at radius 1 is 1.39 bits per heavy atom. The summed E-state index contributed by atoms with van der Waals surface area (Å²) in [5, 5.41) is 0. The van der Waals surface area contributed by atoms with Gasteiger partial charge in [0.25, 0.3) is 0 Å². The van der Waals surface area contributed by atoms with Crippen molar-refractivity contribution in [1.82, 2.24) is 9.97 Å². The number of nitrogens with two attached hydrogens (primary N) is 1. The summed E-state index contributed by atoms with van der Waals surface area (Å²) in [6.45, 7) is 6.00. The van der Waals surface area contributed by atoms with Crippen LogP contribution in [0.5, 0.6) is 0 Å². The third-order valence-electron chi connectivity index (χ3n) is 3.67. The molecule has 2 rings (SSSR count). The molecule has 0 aliphatic carbocycles. The van der Waals surface area contributed by atoms with Crippen molar-refractivity contribution in [2.75, 3.05) is 18.0 Å². The number of hydrogen-bond acceptors (Lipinski definition) is 4. The normalized spacial score (nSPS) is 20.2. The number of aryl methyl sites for hydroxylation is 1. The van der Waals surface area contributed by atoms with Gasteiger partial charge in [-0.25, -0.2) is 9.97 Å². The highest BCUT2D eigenvalue weighted by atomic mass is 15.2. The average molecular weight is 248 g/mol. The van der Waals surface area contributed by atoms with Gasteiger partial charge in [-0.05, 0) is 39.2 Å². The second kappa shape index (κ2) is 6.14. The standard InChI is InChI=1S/C14H24N4/c1-3-13-6-4-5-9-18(13)14-10-12(7-8-15)16-11(2)17-14/h10,13H,3-9,15H2,1-2H3/t13-/m0/s1. The quantitative estimate of drug-likeness (QED) is 0.886. The van der Waals surface area contributed by atoms with Gasteiger partial charge in [-0.15, -0.1) is 0 Å². The minimum Gasteiger partial charge on any atom is -0.354 e. The molecule has 1 aliphatic rings. The first kappa shape index (κ1) is 13.3. The molecule has 1 saturated heterocycles. The molecule has 0 amide bonds. The van der Waals surface area contributed by atoms with Crippen LogP contribution in [0.2, 0.25) is 0 Å². The summed E-state index contributed by atoms with van der Waals surface area (Å²) in [4.78, 5) is 11.5. The maximum Gasteiger partial charge on any atom is 0.132 e. The highest BCUT2D eigenvalue weighted by molar-refractivity contribution is 5.41. The second-order valence-corrected chi connectivity index (χ2v) is 5.05. The minimum absolute atomic E-state index is 0.638. The number of aromatic nitrogens is 2. The van der Waals surface area contributed by atoms with Crippen LogP contribution >= 0.6 is 0 Å². The van der Waals surface area contributed by atoms with E-state index in [1.807, 2.05) is 6.92 Å². The summed E-state index contributed by atoms with van der Waals surface area (Å²) < 4.78 is 0. The van der Waals surface area contributed by atoms with Crippen molar-refractivity contribution in [3.8, 4) is 0 Å². The molecule has 0 radical (unpaired) electrons. The smallest absolute Gasteiger partial charge is 0.132 e. The monoisotopic (exact) mass is 248 g/mol. The van der Waals surface area contributed by atoms with Gasteiger partial charge < -0.3 is 10.6 Å². The molecule has 1 atom stereocenters. The van der Waals surface area contributed by atoms with Crippen molar-refractivity contribution in [2.24, 2.45) is 5.73 Å². The average Bonchev–Trinajstić information content (AvgIpc) is 2.38. The zero-order valence-corrected chi connectivity index (χ0v) is 11.5. The number of rotatable bonds is 4. The summed E-state index contributed by atoms with van der Waals surface area (Å²) in [7, 11) is 0. The van der Waals surface area contributed by atoms with Gasteiger partial charge in [-0.3, -0.25) is 0 Å². The van der Waals surface area contributed by atoms with Crippen LogP contribution in [0.15, 0.2) is 6.07 Å². The Morgan fingerprint density at radius 2 is 2.22 bits per heavy atom. The lowest BCUT2D eigenvalue weighted by atomic mass is 10.00. The van der Waals surface area contributed by atoms with E-state index in [1.54, 1.807) is 0 Å². The Morgan fingerprint density at radius 3 is 2.94 bits per heavy atom. The maximum atomic E-state index is 5.62. The van der Waals surface area contributed by atoms with E-state index >= 15 is 0 Å². The first-order valence-electron chi connectivity index (χ1n) is 7.06. The summed E-state index contributed by atoms with van der Waals surface area (Å²) in [6, 6.07) is 2.76. The molecule has 1 fully saturated rings. The second-order valence-electron chi connectivity index (χ2n) is 5.05. The van der Waals surface area contributed by atoms with Crippen LogP contribution < -0.4 is 10.6 Å². The lowest BCUT2D eigenvalue weighted by Gasteiger charge is -2.36. The SMILES string of the molecule is CC[C@H]1CCCCN1c1cc(CCN)nc(C)n1. The van der Waals surface area contributed by atoms with Crippen molar-refractivity contribution < 1.29 is 0 Å². The van der Waals surface area contributed by atoms with E-state index in [0.717, 1.165) is 30.3 Å². The van der Waals surface area contributed by atoms with E-state index < -0.39 is 0 Å². The Bertz CT molecular complexity index is 391. The van der Waals surface area contributed by atoms with E-state index in [9.17, 15) is 0 Å². The topological polar surface area (TPSA) is 55.0 Å². The molecule has 2 heterocycles. The largest absolute Gasteiger partial charge is 0.354 e. The van der Waals surface area contributed by atoms with Crippen LogP contribution in [0.1, 0.15) is 44.1 Å². The lowest BCUT2D eigenvalue weighted by Crippen LogP contribution is -2.39. The molecule has 4 nitrogen and oxygen atoms in total. The number of anilines is 1. The molecule has 0 spiro atoms. The Labute approximate surface area is 110 Å². The van der Waals surface area contributed by atoms with E-state index in [0.29, 0.717) is 12.6 Å². The number of hydrogen-bond donors (Lipinski definition) is 1. The van der Waals surface area contributed by atoms with Crippen LogP contribution in [0.3, 0.4) is 0 Å². The summed E-state index contributed by atoms with van der Waals surface area (Å²) in [5.74, 6) is 1.95. The fourth-order valence-corrected chi connectivity index (χ4v) is 2.76. The molecule has 1 aliphatic heterocycles. The van der Waals surface area contributed by atoms with E-state index in [4.69, 9.17) is 5.73 Å². The van der Waals surface area contributed by atoms with Gasteiger partial charge in [0.15, 0.2) is 0 Å². The third kappa shape index (κ3) is 2.99. The molecule has 0 bridgehead atoms. The van der Waals surface area contributed by atoms with Gasteiger partial charge >= 0.3 is 0 Å². The molecular weight excluding hydrogens is 224 g/mol. The predicted molar refractivity (Wildman–Crippen MR) is 74.8 cm³/mol. The van der Waals surface area contributed by atoms with Crippen molar-refractivity contribution >= 4 is 5.82 Å². The van der Waals surface area contributed by atoms with Gasteiger partial charge in [0.1, 0.15) is 11.6 Å². The molecule has 2 N–H and O–H groups in total. The van der Waals surface area contributed by atoms with E-state index in [2.05, 4.69) is 27.9 Å². The van der Waals surface area contributed by atoms with Crippen molar-refractivity contribution in [1.29, 1.82) is 0 Å². The molecule has 0 saturated carbocycles. The molecule has 100 valence electrons. The molecule has 1 aromatic rings. The Hall–Kier alpha value is -1.16. The Kier molecular flexibility index (Phi) is 4.53. The van der Waals surface area contributed by atoms with Gasteiger partial charge in [-0.2, -0.15) is 0 Å². The van der Waals surface area contributed by atoms with Gasteiger partial charge in [0.2, 0.25) is 0 Å². The fraction of sp³-hybridized carbons (Fsp3) is 0.714. The molecule has 18 heavy (non-hydrogen) atoms. The highest BCUT2D eigenvalue weighted by Gasteiger charge is 2.22. The summed E-state index contributed by atoms with van der Waals surface area (Å²) in [6.07, 6.45) is 5.92. The van der Waals surface area contributed by atoms with Crippen LogP contribution in [-0.4, -0.2) is 29.1 Å². The fourth-order valence-electron chi connectivity index (χ4n) is 2.76. The van der Waals surface area contributed by atoms with Gasteiger partial charge in [0.05, 0.1) is 0 Å². The van der Waals surface area contributed by atoms with Gasteiger partial charge in [-0.1, -0.05) is 6.92 Å². The maximum absolute atomic E-state index is 5.62. The molecular formula is C14H24N4. The summed E-state index contributed by atoms with van der Waals surface area (Å²) >= 11 is 0. The molecule has 4 heteroatoms. The van der Waals surface area contributed by atoms with Crippen molar-refractivity contribution in [2.45, 2.75) is 52.0 Å². The first-order chi connectivity index (χ1) is 8.74. The first-order valence-corrected chi connectivity index (χ1v) is 7.06. The van der Waals surface area contributed by atoms with Crippen LogP contribution in [0, 0.1) is 6.92 Å². The van der Waals surface area contributed by atoms with Crippen LogP contribution in [0.4, 0.5) is 5.82 Å². The van der Waals surface area contributed by atoms with Crippen molar-refractivity contribution in [3.63, 3.8) is 0 Å². The summed E-state index contributed by atoms with van der Waals surface area (Å²) in [5.41, 5.74) is 6.69. The van der Waals surface area contributed by atoms with Crippen molar-refractivity contribution in [3.05, 3.63) is 17.6 Å². The zero-order valence-electron chi connectivity index (χ0n) is 11.5. The van der Waals surface area contributed by atoms with Crippen LogP contribution in [0.25, 0.3) is 0 Å². The molecule has 0 aromatic carbocycles. The minimum atomic E-state index is 0.638.